The van der Waals surface area contributed by atoms with Gasteiger partial charge in [-0.2, -0.15) is 0 Å². The fraction of sp³-hybridized carbons (Fsp3) is 0.818. The molecule has 0 nitrogen and oxygen atoms in total. The van der Waals surface area contributed by atoms with Crippen molar-refractivity contribution in [3.8, 4) is 0 Å². The highest BCUT2D eigenvalue weighted by molar-refractivity contribution is 5.34. The number of hydrogen-bond acceptors (Lipinski definition) is 0. The van der Waals surface area contributed by atoms with Gasteiger partial charge < -0.3 is 0 Å². The number of fused-ring (bicyclic) bond motifs is 2. The first-order chi connectivity index (χ1) is 16.3. The fourth-order valence-corrected chi connectivity index (χ4v) is 7.90. The van der Waals surface area contributed by atoms with E-state index in [1.54, 1.807) is 55.2 Å². The standard InChI is InChI=1S/C33H54/c1-3-5-7-9-11-13-27-15-17-31-25-33(21-19-29(31)23-27)32-20-18-28-22-26(12-10-8-6-4-2)14-16-30(28)24-32/h14,16,22,27,29,31-33H,3-13,15,17-21,23-25H2,1-2H3. The van der Waals surface area contributed by atoms with Crippen molar-refractivity contribution in [2.75, 3.05) is 0 Å². The molecular formula is C33H54. The molecule has 1 aromatic carbocycles. The van der Waals surface area contributed by atoms with E-state index < -0.39 is 0 Å². The Morgan fingerprint density at radius 2 is 1.33 bits per heavy atom. The zero-order chi connectivity index (χ0) is 22.9. The van der Waals surface area contributed by atoms with E-state index in [0.29, 0.717) is 0 Å². The number of aryl methyl sites for hydroxylation is 2. The van der Waals surface area contributed by atoms with Gasteiger partial charge in [0.05, 0.1) is 0 Å². The summed E-state index contributed by atoms with van der Waals surface area (Å²) in [6.07, 6.45) is 29.2. The maximum atomic E-state index is 2.58. The Labute approximate surface area is 206 Å². The van der Waals surface area contributed by atoms with Crippen LogP contribution in [-0.4, -0.2) is 0 Å². The van der Waals surface area contributed by atoms with Gasteiger partial charge in [0.15, 0.2) is 0 Å². The molecule has 3 aliphatic rings. The first kappa shape index (κ1) is 25.3. The van der Waals surface area contributed by atoms with Crippen molar-refractivity contribution in [2.24, 2.45) is 29.6 Å². The van der Waals surface area contributed by atoms with Crippen LogP contribution in [0.15, 0.2) is 18.2 Å². The lowest BCUT2D eigenvalue weighted by Gasteiger charge is -2.45. The molecule has 0 N–H and O–H groups in total. The maximum absolute atomic E-state index is 2.58. The molecule has 0 spiro atoms. The smallest absolute Gasteiger partial charge is 0.0245 e. The second kappa shape index (κ2) is 13.3. The van der Waals surface area contributed by atoms with Crippen molar-refractivity contribution in [3.05, 3.63) is 34.9 Å². The summed E-state index contributed by atoms with van der Waals surface area (Å²) in [7, 11) is 0. The molecule has 0 aliphatic heterocycles. The van der Waals surface area contributed by atoms with Crippen LogP contribution < -0.4 is 0 Å². The minimum atomic E-state index is 0.977. The summed E-state index contributed by atoms with van der Waals surface area (Å²) < 4.78 is 0. The summed E-state index contributed by atoms with van der Waals surface area (Å²) in [6.45, 7) is 4.64. The molecule has 1 aromatic rings. The van der Waals surface area contributed by atoms with Gasteiger partial charge >= 0.3 is 0 Å². The molecule has 0 radical (unpaired) electrons. The largest absolute Gasteiger partial charge is 0.0654 e. The predicted octanol–water partition coefficient (Wildman–Crippen LogP) is 10.1. The summed E-state index contributed by atoms with van der Waals surface area (Å²) in [5, 5.41) is 0. The van der Waals surface area contributed by atoms with Crippen molar-refractivity contribution in [2.45, 2.75) is 142 Å². The van der Waals surface area contributed by atoms with Crippen molar-refractivity contribution in [1.29, 1.82) is 0 Å². The summed E-state index contributed by atoms with van der Waals surface area (Å²) in [4.78, 5) is 0. The van der Waals surface area contributed by atoms with E-state index in [2.05, 4.69) is 32.0 Å². The van der Waals surface area contributed by atoms with Gasteiger partial charge in [-0.25, -0.2) is 0 Å². The highest BCUT2D eigenvalue weighted by atomic mass is 14.4. The Balaban J connectivity index is 1.21. The highest BCUT2D eigenvalue weighted by Crippen LogP contribution is 2.49. The lowest BCUT2D eigenvalue weighted by molar-refractivity contribution is 0.0690. The van der Waals surface area contributed by atoms with Crippen LogP contribution >= 0.6 is 0 Å². The highest BCUT2D eigenvalue weighted by Gasteiger charge is 2.38. The van der Waals surface area contributed by atoms with E-state index in [1.807, 2.05) is 0 Å². The van der Waals surface area contributed by atoms with Crippen molar-refractivity contribution in [1.82, 2.24) is 0 Å². The minimum Gasteiger partial charge on any atom is -0.0654 e. The molecule has 0 amide bonds. The molecule has 2 fully saturated rings. The van der Waals surface area contributed by atoms with Gasteiger partial charge in [-0.1, -0.05) is 96.3 Å². The Morgan fingerprint density at radius 1 is 0.636 bits per heavy atom. The summed E-state index contributed by atoms with van der Waals surface area (Å²) in [5.41, 5.74) is 5.01. The van der Waals surface area contributed by atoms with E-state index in [-0.39, 0.29) is 0 Å². The second-order valence-corrected chi connectivity index (χ2v) is 12.4. The molecule has 5 atom stereocenters. The van der Waals surface area contributed by atoms with Crippen molar-refractivity contribution >= 4 is 0 Å². The molecule has 2 saturated carbocycles. The molecule has 186 valence electrons. The van der Waals surface area contributed by atoms with E-state index in [0.717, 1.165) is 29.6 Å². The van der Waals surface area contributed by atoms with Gasteiger partial charge in [-0.05, 0) is 110 Å². The van der Waals surface area contributed by atoms with E-state index in [9.17, 15) is 0 Å². The van der Waals surface area contributed by atoms with Crippen LogP contribution in [0.1, 0.15) is 140 Å². The van der Waals surface area contributed by atoms with Crippen LogP contribution in [-0.2, 0) is 19.3 Å². The van der Waals surface area contributed by atoms with Crippen molar-refractivity contribution < 1.29 is 0 Å². The Morgan fingerprint density at radius 3 is 2.15 bits per heavy atom. The van der Waals surface area contributed by atoms with Crippen LogP contribution in [0, 0.1) is 29.6 Å². The molecule has 3 aliphatic carbocycles. The fourth-order valence-electron chi connectivity index (χ4n) is 7.90. The lowest BCUT2D eigenvalue weighted by Crippen LogP contribution is -2.35. The van der Waals surface area contributed by atoms with Crippen LogP contribution in [0.4, 0.5) is 0 Å². The Bertz CT molecular complexity index is 687. The van der Waals surface area contributed by atoms with E-state index >= 15 is 0 Å². The zero-order valence-corrected chi connectivity index (χ0v) is 22.3. The monoisotopic (exact) mass is 450 g/mol. The quantitative estimate of drug-likeness (QED) is 0.278. The third-order valence-corrected chi connectivity index (χ3v) is 10.0. The minimum absolute atomic E-state index is 0.977. The van der Waals surface area contributed by atoms with E-state index in [1.165, 1.54) is 89.9 Å². The SMILES string of the molecule is CCCCCCCC1CCC2CC(C3CCc4cc(CCCCCC)ccc4C3)CCC2C1. The predicted molar refractivity (Wildman–Crippen MR) is 145 cm³/mol. The first-order valence-corrected chi connectivity index (χ1v) is 15.4. The van der Waals surface area contributed by atoms with Crippen molar-refractivity contribution in [3.63, 3.8) is 0 Å². The molecule has 0 heterocycles. The maximum Gasteiger partial charge on any atom is -0.0245 e. The van der Waals surface area contributed by atoms with Crippen LogP contribution in [0.25, 0.3) is 0 Å². The van der Waals surface area contributed by atoms with Crippen LogP contribution in [0.3, 0.4) is 0 Å². The summed E-state index contributed by atoms with van der Waals surface area (Å²) >= 11 is 0. The average molecular weight is 451 g/mol. The molecule has 33 heavy (non-hydrogen) atoms. The van der Waals surface area contributed by atoms with E-state index in [4.69, 9.17) is 0 Å². The molecule has 0 saturated heterocycles. The van der Waals surface area contributed by atoms with Gasteiger partial charge in [0.25, 0.3) is 0 Å². The Hall–Kier alpha value is -0.780. The average Bonchev–Trinajstić information content (AvgIpc) is 2.86. The first-order valence-electron chi connectivity index (χ1n) is 15.4. The molecular weight excluding hydrogens is 396 g/mol. The summed E-state index contributed by atoms with van der Waals surface area (Å²) in [6, 6.07) is 7.57. The lowest BCUT2D eigenvalue weighted by atomic mass is 9.61. The molecule has 4 rings (SSSR count). The molecule has 0 bridgehead atoms. The van der Waals surface area contributed by atoms with Crippen LogP contribution in [0.5, 0.6) is 0 Å². The molecule has 0 aromatic heterocycles. The number of unbranched alkanes of at least 4 members (excludes halogenated alkanes) is 7. The Kier molecular flexibility index (Phi) is 10.2. The third kappa shape index (κ3) is 7.35. The van der Waals surface area contributed by atoms with Gasteiger partial charge in [0.1, 0.15) is 0 Å². The number of hydrogen-bond donors (Lipinski definition) is 0. The normalized spacial score (nSPS) is 29.5. The molecule has 5 unspecified atom stereocenters. The summed E-state index contributed by atoms with van der Waals surface area (Å²) in [5.74, 6) is 5.24. The van der Waals surface area contributed by atoms with Gasteiger partial charge in [-0.15, -0.1) is 0 Å². The third-order valence-electron chi connectivity index (χ3n) is 10.0. The van der Waals surface area contributed by atoms with Gasteiger partial charge in [0, 0.05) is 0 Å². The number of benzene rings is 1. The van der Waals surface area contributed by atoms with Gasteiger partial charge in [-0.3, -0.25) is 0 Å². The second-order valence-electron chi connectivity index (χ2n) is 12.4. The number of rotatable bonds is 12. The van der Waals surface area contributed by atoms with Crippen LogP contribution in [0.2, 0.25) is 0 Å². The molecule has 0 heteroatoms. The zero-order valence-electron chi connectivity index (χ0n) is 22.3. The topological polar surface area (TPSA) is 0 Å². The van der Waals surface area contributed by atoms with Gasteiger partial charge in [0.2, 0.25) is 0 Å².